The van der Waals surface area contributed by atoms with Gasteiger partial charge >= 0.3 is 224 Å². The van der Waals surface area contributed by atoms with Gasteiger partial charge in [-0.15, -0.1) is 0 Å². The van der Waals surface area contributed by atoms with E-state index in [2.05, 4.69) is 126 Å². The van der Waals surface area contributed by atoms with Gasteiger partial charge in [-0.1, -0.05) is 0 Å². The molecule has 0 bridgehead atoms. The summed E-state index contributed by atoms with van der Waals surface area (Å²) in [6.45, 7) is 14.2. The minimum absolute atomic E-state index is 0.00348. The van der Waals surface area contributed by atoms with Gasteiger partial charge in [-0.25, -0.2) is 0 Å². The summed E-state index contributed by atoms with van der Waals surface area (Å²) in [6.07, 6.45) is -0.00348. The van der Waals surface area contributed by atoms with E-state index in [-0.39, 0.29) is 20.2 Å². The molecule has 178 valence electrons. The molecule has 0 heterocycles. The van der Waals surface area contributed by atoms with E-state index < -0.39 is 31.7 Å². The molecule has 3 aromatic carbocycles. The molecule has 34 heavy (non-hydrogen) atoms. The first kappa shape index (κ1) is 27.6. The molecule has 0 saturated heterocycles. The van der Waals surface area contributed by atoms with E-state index in [9.17, 15) is 0 Å². The number of halogens is 1. The van der Waals surface area contributed by atoms with Crippen LogP contribution in [0.5, 0.6) is 0 Å². The molecular weight excluding hydrogens is 644 g/mol. The molecule has 0 N–H and O–H groups in total. The monoisotopic (exact) mass is 682 g/mol. The molecule has 0 radical (unpaired) electrons. The molecule has 0 amide bonds. The zero-order valence-electron chi connectivity index (χ0n) is 21.4. The Balaban J connectivity index is 1.98. The van der Waals surface area contributed by atoms with Crippen LogP contribution in [0.15, 0.2) is 91.0 Å². The van der Waals surface area contributed by atoms with Gasteiger partial charge in [0.1, 0.15) is 0 Å². The van der Waals surface area contributed by atoms with Gasteiger partial charge in [-0.2, -0.15) is 0 Å². The van der Waals surface area contributed by atoms with E-state index in [4.69, 9.17) is 17.4 Å². The fraction of sp³-hybridized carbons (Fsp3) is 0.379. The number of rotatable bonds is 10. The third-order valence-electron chi connectivity index (χ3n) is 6.86. The van der Waals surface area contributed by atoms with Crippen LogP contribution in [-0.4, -0.2) is 20.0 Å². The summed E-state index contributed by atoms with van der Waals surface area (Å²) in [5.41, 5.74) is 0.824. The maximum absolute atomic E-state index is 7.40. The number of hydrogen-bond donors (Lipinski definition) is 0. The Hall–Kier alpha value is -0.978. The number of benzene rings is 3. The van der Waals surface area contributed by atoms with Gasteiger partial charge in [0.25, 0.3) is 0 Å². The van der Waals surface area contributed by atoms with Crippen molar-refractivity contribution in [3.05, 3.63) is 96.6 Å². The average molecular weight is 682 g/mol. The molecule has 3 aromatic rings. The molecule has 0 saturated carbocycles. The van der Waals surface area contributed by atoms with Crippen LogP contribution in [-0.2, 0) is 39.1 Å². The molecule has 0 aromatic heterocycles. The Labute approximate surface area is 223 Å². The van der Waals surface area contributed by atoms with Gasteiger partial charge in [0.2, 0.25) is 0 Å². The fourth-order valence-corrected chi connectivity index (χ4v) is 19.1. The zero-order valence-corrected chi connectivity index (χ0v) is 28.7. The topological polar surface area (TPSA) is 18.5 Å². The summed E-state index contributed by atoms with van der Waals surface area (Å²) in [5.74, 6) is 0. The van der Waals surface area contributed by atoms with E-state index in [0.717, 1.165) is 0 Å². The molecule has 0 fully saturated rings. The van der Waals surface area contributed by atoms with Crippen molar-refractivity contribution in [2.75, 3.05) is 0 Å². The molecule has 0 aliphatic carbocycles. The first-order chi connectivity index (χ1) is 16.1. The maximum atomic E-state index is 7.40. The van der Waals surface area contributed by atoms with E-state index >= 15 is 0 Å². The third kappa shape index (κ3) is 6.22. The van der Waals surface area contributed by atoms with Gasteiger partial charge in [-0.3, -0.25) is 0 Å². The van der Waals surface area contributed by atoms with Crippen molar-refractivity contribution in [2.24, 2.45) is 0 Å². The van der Waals surface area contributed by atoms with Gasteiger partial charge in [0.15, 0.2) is 0 Å². The van der Waals surface area contributed by atoms with Gasteiger partial charge in [-0.05, 0) is 0 Å². The van der Waals surface area contributed by atoms with Gasteiger partial charge < -0.3 is 0 Å². The molecular formula is C29H37ClHgO2Si. The predicted molar refractivity (Wildman–Crippen MR) is 143 cm³/mol. The normalized spacial score (nSPS) is 14.3. The third-order valence-corrected chi connectivity index (χ3v) is 22.6. The number of ether oxygens (including phenoxy) is 1. The van der Waals surface area contributed by atoms with Crippen LogP contribution in [0.4, 0.5) is 0 Å². The number of hydrogen-bond acceptors (Lipinski definition) is 2. The Bertz CT molecular complexity index is 967. The minimum atomic E-state index is -2.64. The fourth-order valence-electron chi connectivity index (χ4n) is 4.88. The summed E-state index contributed by atoms with van der Waals surface area (Å²) >= 11 is -1.80. The predicted octanol–water partition coefficient (Wildman–Crippen LogP) is 6.97. The average Bonchev–Trinajstić information content (AvgIpc) is 2.82. The van der Waals surface area contributed by atoms with Crippen LogP contribution in [0.1, 0.15) is 47.1 Å². The molecule has 5 heteroatoms. The van der Waals surface area contributed by atoms with E-state index in [1.807, 2.05) is 6.07 Å². The van der Waals surface area contributed by atoms with Crippen LogP contribution in [0.3, 0.4) is 0 Å². The Kier molecular flexibility index (Phi) is 9.61. The van der Waals surface area contributed by atoms with E-state index in [1.54, 1.807) is 0 Å². The van der Waals surface area contributed by atoms with Crippen molar-refractivity contribution in [2.45, 2.75) is 68.3 Å². The van der Waals surface area contributed by atoms with Crippen LogP contribution >= 0.6 is 8.25 Å². The second-order valence-corrected chi connectivity index (χ2v) is 22.2. The van der Waals surface area contributed by atoms with Crippen LogP contribution < -0.4 is 10.4 Å². The van der Waals surface area contributed by atoms with Gasteiger partial charge in [0, 0.05) is 0 Å². The van der Waals surface area contributed by atoms with Crippen LogP contribution in [0.25, 0.3) is 0 Å². The van der Waals surface area contributed by atoms with E-state index in [0.29, 0.717) is 6.61 Å². The molecule has 0 spiro atoms. The van der Waals surface area contributed by atoms with Crippen molar-refractivity contribution < 1.29 is 32.5 Å². The zero-order chi connectivity index (χ0) is 24.8. The van der Waals surface area contributed by atoms with Crippen molar-refractivity contribution in [3.8, 4) is 0 Å². The first-order valence-electron chi connectivity index (χ1n) is 12.1. The second-order valence-electron chi connectivity index (χ2n) is 10.6. The SMILES string of the molecule is C[C@H](O[Si](c1ccccc1)(c1ccccc1)C(C)(C)C)[C@@H]([Hg][Cl])C(C)(C)OCc1ccccc1. The van der Waals surface area contributed by atoms with E-state index in [1.165, 1.54) is 15.9 Å². The Morgan fingerprint density at radius 2 is 1.21 bits per heavy atom. The second kappa shape index (κ2) is 11.8. The Morgan fingerprint density at radius 1 is 0.765 bits per heavy atom. The summed E-state index contributed by atoms with van der Waals surface area (Å²) < 4.78 is 14.1. The summed E-state index contributed by atoms with van der Waals surface area (Å²) in [4.78, 5) is 0. The quantitative estimate of drug-likeness (QED) is 0.215. The van der Waals surface area contributed by atoms with Crippen LogP contribution in [0.2, 0.25) is 8.46 Å². The van der Waals surface area contributed by atoms with Crippen molar-refractivity contribution in [1.29, 1.82) is 0 Å². The van der Waals surface area contributed by atoms with Crippen LogP contribution in [0, 0.1) is 0 Å². The summed E-state index contributed by atoms with van der Waals surface area (Å²) in [5, 5.41) is 2.54. The van der Waals surface area contributed by atoms with Crippen molar-refractivity contribution in [1.82, 2.24) is 0 Å². The van der Waals surface area contributed by atoms with Gasteiger partial charge in [0.05, 0.1) is 0 Å². The Morgan fingerprint density at radius 3 is 1.62 bits per heavy atom. The molecule has 0 unspecified atom stereocenters. The molecule has 2 atom stereocenters. The molecule has 0 aliphatic heterocycles. The summed E-state index contributed by atoms with van der Waals surface area (Å²) in [7, 11) is 4.21. The van der Waals surface area contributed by atoms with Crippen molar-refractivity contribution >= 4 is 26.9 Å². The van der Waals surface area contributed by atoms with Crippen molar-refractivity contribution in [3.63, 3.8) is 0 Å². The first-order valence-corrected chi connectivity index (χ1v) is 24.0. The molecule has 2 nitrogen and oxygen atoms in total. The standard InChI is InChI=1S/C29H37O2Si.ClH.Hg/c1-24(22-29(5,6)30-23-25-16-10-7-11-17-25)31-32(28(2,3)4,26-18-12-8-13-19-26)27-20-14-9-15-21-27;;/h7-22,24H,23H2,1-6H3;1H;/q;;+1/p-1/t24-;;/m0../s1. The molecule has 3 rings (SSSR count). The molecule has 0 aliphatic rings. The summed E-state index contributed by atoms with van der Waals surface area (Å²) in [6, 6.07) is 32.0.